The van der Waals surface area contributed by atoms with Crippen molar-refractivity contribution in [2.75, 3.05) is 36.0 Å². The molecule has 2 heterocycles. The van der Waals surface area contributed by atoms with Crippen LogP contribution in [-0.2, 0) is 0 Å². The zero-order valence-electron chi connectivity index (χ0n) is 12.7. The Morgan fingerprint density at radius 1 is 0.840 bits per heavy atom. The molecule has 0 bridgehead atoms. The monoisotopic (exact) mass is 354 g/mol. The summed E-state index contributed by atoms with van der Waals surface area (Å²) in [6.07, 6.45) is 1.51. The maximum Gasteiger partial charge on any atom is 0.200 e. The van der Waals surface area contributed by atoms with Gasteiger partial charge >= 0.3 is 0 Å². The summed E-state index contributed by atoms with van der Waals surface area (Å²) in [6.45, 7) is 0.454. The number of halogens is 5. The first-order valence-electron chi connectivity index (χ1n) is 7.32. The van der Waals surface area contributed by atoms with E-state index in [-0.39, 0.29) is 26.2 Å². The summed E-state index contributed by atoms with van der Waals surface area (Å²) in [5.74, 6) is -9.38. The average Bonchev–Trinajstić information content (AvgIpc) is 2.65. The Bertz CT molecular complexity index is 827. The Hall–Kier alpha value is -2.89. The van der Waals surface area contributed by atoms with Crippen molar-refractivity contribution in [3.05, 3.63) is 53.0 Å². The Labute approximate surface area is 139 Å². The standard InChI is InChI=1S/C16H11F5N4/c17-10-11(18)13(20)15(14(21)12(10)19)24-4-6-25(7-5-24)16-9(8-22)2-1-3-23-16/h1-3H,4-7H2. The average molecular weight is 354 g/mol. The summed E-state index contributed by atoms with van der Waals surface area (Å²) >= 11 is 0. The maximum absolute atomic E-state index is 13.9. The van der Waals surface area contributed by atoms with Gasteiger partial charge in [0.2, 0.25) is 5.82 Å². The van der Waals surface area contributed by atoms with Crippen molar-refractivity contribution in [1.82, 2.24) is 4.98 Å². The number of rotatable bonds is 2. The van der Waals surface area contributed by atoms with Crippen molar-refractivity contribution in [3.63, 3.8) is 0 Å². The molecule has 0 amide bonds. The summed E-state index contributed by atoms with van der Waals surface area (Å²) in [5, 5.41) is 9.09. The number of hydrogen-bond donors (Lipinski definition) is 0. The van der Waals surface area contributed by atoms with E-state index >= 15 is 0 Å². The van der Waals surface area contributed by atoms with Gasteiger partial charge in [0, 0.05) is 32.4 Å². The van der Waals surface area contributed by atoms with Crippen molar-refractivity contribution >= 4 is 11.5 Å². The molecule has 3 rings (SSSR count). The SMILES string of the molecule is N#Cc1cccnc1N1CCN(c2c(F)c(F)c(F)c(F)c2F)CC1. The number of anilines is 2. The number of nitrogens with zero attached hydrogens (tertiary/aromatic N) is 4. The molecule has 1 aromatic carbocycles. The Morgan fingerprint density at radius 2 is 1.36 bits per heavy atom. The van der Waals surface area contributed by atoms with E-state index in [0.717, 1.165) is 4.90 Å². The molecule has 1 fully saturated rings. The van der Waals surface area contributed by atoms with Crippen molar-refractivity contribution in [2.45, 2.75) is 0 Å². The number of aromatic nitrogens is 1. The van der Waals surface area contributed by atoms with Crippen LogP contribution < -0.4 is 9.80 Å². The molecule has 2 aromatic rings. The lowest BCUT2D eigenvalue weighted by Crippen LogP contribution is -2.47. The van der Waals surface area contributed by atoms with Gasteiger partial charge in [-0.3, -0.25) is 0 Å². The molecule has 0 N–H and O–H groups in total. The van der Waals surface area contributed by atoms with Crippen LogP contribution in [0.25, 0.3) is 0 Å². The Kier molecular flexibility index (Phi) is 4.44. The van der Waals surface area contributed by atoms with Crippen LogP contribution in [0, 0.1) is 40.4 Å². The molecular formula is C16H11F5N4. The second-order valence-corrected chi connectivity index (χ2v) is 5.38. The molecule has 25 heavy (non-hydrogen) atoms. The molecule has 1 aromatic heterocycles. The maximum atomic E-state index is 13.9. The van der Waals surface area contributed by atoms with E-state index in [2.05, 4.69) is 4.98 Å². The van der Waals surface area contributed by atoms with Crippen LogP contribution in [0.3, 0.4) is 0 Å². The zero-order chi connectivity index (χ0) is 18.1. The summed E-state index contributed by atoms with van der Waals surface area (Å²) in [6, 6.07) is 5.18. The van der Waals surface area contributed by atoms with Gasteiger partial charge in [-0.05, 0) is 12.1 Å². The van der Waals surface area contributed by atoms with Crippen molar-refractivity contribution < 1.29 is 22.0 Å². The number of benzene rings is 1. The lowest BCUT2D eigenvalue weighted by molar-refractivity contribution is 0.377. The van der Waals surface area contributed by atoms with E-state index in [1.165, 1.54) is 6.20 Å². The summed E-state index contributed by atoms with van der Waals surface area (Å²) in [5.41, 5.74) is -0.593. The minimum atomic E-state index is -2.18. The van der Waals surface area contributed by atoms with Gasteiger partial charge < -0.3 is 9.80 Å². The topological polar surface area (TPSA) is 43.2 Å². The first kappa shape index (κ1) is 17.0. The third-order valence-corrected chi connectivity index (χ3v) is 3.99. The highest BCUT2D eigenvalue weighted by molar-refractivity contribution is 5.56. The molecule has 0 saturated carbocycles. The van der Waals surface area contributed by atoms with E-state index < -0.39 is 34.8 Å². The number of hydrogen-bond acceptors (Lipinski definition) is 4. The van der Waals surface area contributed by atoms with Crippen LogP contribution in [0.2, 0.25) is 0 Å². The van der Waals surface area contributed by atoms with Crippen LogP contribution >= 0.6 is 0 Å². The number of piperazine rings is 1. The van der Waals surface area contributed by atoms with E-state index in [0.29, 0.717) is 11.4 Å². The van der Waals surface area contributed by atoms with Gasteiger partial charge in [0.05, 0.1) is 5.56 Å². The third-order valence-electron chi connectivity index (χ3n) is 3.99. The predicted octanol–water partition coefficient (Wildman–Crippen LogP) is 2.98. The third kappa shape index (κ3) is 2.84. The van der Waals surface area contributed by atoms with E-state index in [9.17, 15) is 22.0 Å². The first-order chi connectivity index (χ1) is 12.0. The smallest absolute Gasteiger partial charge is 0.200 e. The van der Waals surface area contributed by atoms with Gasteiger partial charge in [-0.15, -0.1) is 0 Å². The van der Waals surface area contributed by atoms with Crippen LogP contribution in [0.1, 0.15) is 5.56 Å². The van der Waals surface area contributed by atoms with Crippen LogP contribution in [0.4, 0.5) is 33.5 Å². The molecule has 0 radical (unpaired) electrons. The van der Waals surface area contributed by atoms with E-state index in [1.807, 2.05) is 6.07 Å². The number of pyridine rings is 1. The molecule has 0 spiro atoms. The molecule has 0 unspecified atom stereocenters. The van der Waals surface area contributed by atoms with Crippen molar-refractivity contribution in [3.8, 4) is 6.07 Å². The van der Waals surface area contributed by atoms with Gasteiger partial charge in [-0.25, -0.2) is 26.9 Å². The first-order valence-corrected chi connectivity index (χ1v) is 7.32. The molecular weight excluding hydrogens is 343 g/mol. The molecule has 1 saturated heterocycles. The van der Waals surface area contributed by atoms with Crippen LogP contribution in [0.5, 0.6) is 0 Å². The predicted molar refractivity (Wildman–Crippen MR) is 79.6 cm³/mol. The van der Waals surface area contributed by atoms with E-state index in [1.54, 1.807) is 17.0 Å². The molecule has 130 valence electrons. The van der Waals surface area contributed by atoms with E-state index in [4.69, 9.17) is 5.26 Å². The fourth-order valence-electron chi connectivity index (χ4n) is 2.75. The fourth-order valence-corrected chi connectivity index (χ4v) is 2.75. The molecule has 9 heteroatoms. The van der Waals surface area contributed by atoms with Crippen molar-refractivity contribution in [2.24, 2.45) is 0 Å². The summed E-state index contributed by atoms with van der Waals surface area (Å²) in [7, 11) is 0. The zero-order valence-corrected chi connectivity index (χ0v) is 12.7. The molecule has 1 aliphatic rings. The van der Waals surface area contributed by atoms with Gasteiger partial charge in [-0.1, -0.05) is 0 Å². The minimum absolute atomic E-state index is 0.0137. The summed E-state index contributed by atoms with van der Waals surface area (Å²) in [4.78, 5) is 6.94. The van der Waals surface area contributed by atoms with Gasteiger partial charge in [0.1, 0.15) is 17.6 Å². The molecule has 4 nitrogen and oxygen atoms in total. The normalized spacial score (nSPS) is 14.6. The number of nitriles is 1. The minimum Gasteiger partial charge on any atom is -0.363 e. The lowest BCUT2D eigenvalue weighted by Gasteiger charge is -2.37. The fraction of sp³-hybridized carbons (Fsp3) is 0.250. The molecule has 1 aliphatic heterocycles. The Morgan fingerprint density at radius 3 is 1.92 bits per heavy atom. The lowest BCUT2D eigenvalue weighted by atomic mass is 10.2. The molecule has 0 atom stereocenters. The van der Waals surface area contributed by atoms with Crippen molar-refractivity contribution in [1.29, 1.82) is 5.26 Å². The second-order valence-electron chi connectivity index (χ2n) is 5.38. The summed E-state index contributed by atoms with van der Waals surface area (Å²) < 4.78 is 67.6. The quantitative estimate of drug-likeness (QED) is 0.473. The Balaban J connectivity index is 1.86. The highest BCUT2D eigenvalue weighted by Crippen LogP contribution is 2.31. The second kappa shape index (κ2) is 6.55. The van der Waals surface area contributed by atoms with Gasteiger partial charge in [0.15, 0.2) is 23.3 Å². The highest BCUT2D eigenvalue weighted by Gasteiger charge is 2.31. The molecule has 0 aliphatic carbocycles. The van der Waals surface area contributed by atoms with Gasteiger partial charge in [-0.2, -0.15) is 5.26 Å². The van der Waals surface area contributed by atoms with Crippen LogP contribution in [0.15, 0.2) is 18.3 Å². The van der Waals surface area contributed by atoms with Gasteiger partial charge in [0.25, 0.3) is 0 Å². The highest BCUT2D eigenvalue weighted by atomic mass is 19.2. The largest absolute Gasteiger partial charge is 0.363 e. The van der Waals surface area contributed by atoms with Crippen LogP contribution in [-0.4, -0.2) is 31.2 Å².